The number of rotatable bonds is 5. The zero-order valence-electron chi connectivity index (χ0n) is 16.5. The second-order valence-corrected chi connectivity index (χ2v) is 7.89. The molecule has 0 fully saturated rings. The van der Waals surface area contributed by atoms with Crippen LogP contribution in [0, 0.1) is 6.92 Å². The normalized spacial score (nSPS) is 12.0. The van der Waals surface area contributed by atoms with Crippen LogP contribution in [-0.2, 0) is 5.75 Å². The number of benzene rings is 2. The Hall–Kier alpha value is -2.73. The summed E-state index contributed by atoms with van der Waals surface area (Å²) in [6.07, 6.45) is 0. The first-order chi connectivity index (χ1) is 13.4. The molecule has 28 heavy (non-hydrogen) atoms. The molecule has 0 radical (unpaired) electrons. The van der Waals surface area contributed by atoms with Gasteiger partial charge in [-0.15, -0.1) is 0 Å². The van der Waals surface area contributed by atoms with E-state index in [1.165, 1.54) is 23.4 Å². The van der Waals surface area contributed by atoms with E-state index >= 15 is 0 Å². The molecular formula is C22H24N2O3S. The minimum Gasteiger partial charge on any atom is -0.497 e. The van der Waals surface area contributed by atoms with Crippen molar-refractivity contribution in [2.24, 2.45) is 10.7 Å². The third-order valence-electron chi connectivity index (χ3n) is 4.51. The monoisotopic (exact) mass is 396 g/mol. The summed E-state index contributed by atoms with van der Waals surface area (Å²) in [6.45, 7) is 6.34. The zero-order chi connectivity index (χ0) is 20.3. The molecule has 146 valence electrons. The summed E-state index contributed by atoms with van der Waals surface area (Å²) in [5.74, 6) is 1.64. The Morgan fingerprint density at radius 2 is 2.04 bits per heavy atom. The molecule has 2 N–H and O–H groups in total. The van der Waals surface area contributed by atoms with Gasteiger partial charge in [0.15, 0.2) is 5.17 Å². The maximum Gasteiger partial charge on any atom is 0.336 e. The van der Waals surface area contributed by atoms with Crippen LogP contribution in [-0.4, -0.2) is 12.3 Å². The summed E-state index contributed by atoms with van der Waals surface area (Å²) in [5.41, 5.74) is 10.3. The van der Waals surface area contributed by atoms with Crippen LogP contribution in [0.1, 0.15) is 36.5 Å². The van der Waals surface area contributed by atoms with E-state index in [0.29, 0.717) is 22.4 Å². The third-order valence-corrected chi connectivity index (χ3v) is 5.35. The highest BCUT2D eigenvalue weighted by Gasteiger charge is 2.12. The third kappa shape index (κ3) is 4.57. The molecular weight excluding hydrogens is 372 g/mol. The van der Waals surface area contributed by atoms with Gasteiger partial charge in [0, 0.05) is 23.3 Å². The van der Waals surface area contributed by atoms with Crippen LogP contribution in [0.4, 0.5) is 5.69 Å². The van der Waals surface area contributed by atoms with Gasteiger partial charge in [-0.1, -0.05) is 31.7 Å². The van der Waals surface area contributed by atoms with Gasteiger partial charge in [-0.25, -0.2) is 9.79 Å². The summed E-state index contributed by atoms with van der Waals surface area (Å²) >= 11 is 1.39. The Labute approximate surface area is 168 Å². The van der Waals surface area contributed by atoms with Crippen molar-refractivity contribution in [3.8, 4) is 5.75 Å². The number of ether oxygens (including phenoxy) is 1. The predicted molar refractivity (Wildman–Crippen MR) is 117 cm³/mol. The molecule has 0 unspecified atom stereocenters. The average Bonchev–Trinajstić information content (AvgIpc) is 2.65. The van der Waals surface area contributed by atoms with E-state index in [1.807, 2.05) is 37.3 Å². The molecule has 3 aromatic rings. The zero-order valence-corrected chi connectivity index (χ0v) is 17.3. The maximum absolute atomic E-state index is 12.0. The first-order valence-corrected chi connectivity index (χ1v) is 10.0. The van der Waals surface area contributed by atoms with Gasteiger partial charge in [0.2, 0.25) is 0 Å². The molecule has 0 saturated heterocycles. The van der Waals surface area contributed by atoms with Gasteiger partial charge in [-0.05, 0) is 53.8 Å². The van der Waals surface area contributed by atoms with Crippen molar-refractivity contribution in [3.63, 3.8) is 0 Å². The van der Waals surface area contributed by atoms with E-state index in [4.69, 9.17) is 14.9 Å². The quantitative estimate of drug-likeness (QED) is 0.368. The van der Waals surface area contributed by atoms with Gasteiger partial charge < -0.3 is 14.9 Å². The molecule has 0 amide bonds. The van der Waals surface area contributed by atoms with Gasteiger partial charge in [0.25, 0.3) is 0 Å². The summed E-state index contributed by atoms with van der Waals surface area (Å²) < 4.78 is 10.6. The number of aryl methyl sites for hydroxylation is 1. The van der Waals surface area contributed by atoms with Crippen LogP contribution in [0.2, 0.25) is 0 Å². The van der Waals surface area contributed by atoms with E-state index in [0.717, 1.165) is 28.0 Å². The van der Waals surface area contributed by atoms with Crippen molar-refractivity contribution < 1.29 is 9.15 Å². The first kappa shape index (κ1) is 20.0. The Morgan fingerprint density at radius 3 is 2.75 bits per heavy atom. The van der Waals surface area contributed by atoms with Crippen LogP contribution in [0.25, 0.3) is 11.0 Å². The summed E-state index contributed by atoms with van der Waals surface area (Å²) in [6, 6.07) is 13.0. The lowest BCUT2D eigenvalue weighted by Crippen LogP contribution is -2.08. The molecule has 0 aliphatic carbocycles. The predicted octanol–water partition coefficient (Wildman–Crippen LogP) is 5.11. The van der Waals surface area contributed by atoms with E-state index in [2.05, 4.69) is 24.9 Å². The highest BCUT2D eigenvalue weighted by molar-refractivity contribution is 8.13. The lowest BCUT2D eigenvalue weighted by Gasteiger charge is -2.13. The molecule has 0 atom stereocenters. The van der Waals surface area contributed by atoms with Crippen molar-refractivity contribution in [2.75, 3.05) is 7.11 Å². The fraction of sp³-hybridized carbons (Fsp3) is 0.273. The number of thioether (sulfide) groups is 1. The van der Waals surface area contributed by atoms with Crippen molar-refractivity contribution >= 4 is 33.6 Å². The summed E-state index contributed by atoms with van der Waals surface area (Å²) in [4.78, 5) is 16.4. The van der Waals surface area contributed by atoms with Gasteiger partial charge >= 0.3 is 5.63 Å². The topological polar surface area (TPSA) is 77.8 Å². The highest BCUT2D eigenvalue weighted by atomic mass is 32.2. The van der Waals surface area contributed by atoms with E-state index in [9.17, 15) is 4.79 Å². The van der Waals surface area contributed by atoms with Crippen molar-refractivity contribution in [3.05, 3.63) is 69.6 Å². The van der Waals surface area contributed by atoms with Crippen LogP contribution in [0.5, 0.6) is 5.75 Å². The van der Waals surface area contributed by atoms with Gasteiger partial charge in [0.05, 0.1) is 12.8 Å². The van der Waals surface area contributed by atoms with Crippen LogP contribution < -0.4 is 16.1 Å². The molecule has 1 aromatic heterocycles. The van der Waals surface area contributed by atoms with E-state index in [-0.39, 0.29) is 5.63 Å². The number of nitrogens with two attached hydrogens (primary N) is 1. The fourth-order valence-corrected chi connectivity index (χ4v) is 3.84. The Morgan fingerprint density at radius 1 is 1.25 bits per heavy atom. The number of hydrogen-bond donors (Lipinski definition) is 1. The van der Waals surface area contributed by atoms with Crippen molar-refractivity contribution in [1.82, 2.24) is 0 Å². The minimum absolute atomic E-state index is 0.358. The maximum atomic E-state index is 12.0. The molecule has 0 spiro atoms. The molecule has 3 rings (SSSR count). The second-order valence-electron chi connectivity index (χ2n) is 6.89. The standard InChI is InChI=1S/C22H24N2O3S/c1-13(2)18-11-19-15(9-21(25)27-20(19)8-14(18)3)12-28-22(23)24-16-6-5-7-17(10-16)26-4/h5-11,13H,12H2,1-4H3,(H2,23,24). The van der Waals surface area contributed by atoms with Crippen molar-refractivity contribution in [1.29, 1.82) is 0 Å². The molecule has 0 aliphatic rings. The number of aliphatic imine (C=N–C) groups is 1. The lowest BCUT2D eigenvalue weighted by molar-refractivity contribution is 0.415. The second kappa shape index (κ2) is 8.52. The molecule has 6 heteroatoms. The molecule has 0 saturated carbocycles. The fourth-order valence-electron chi connectivity index (χ4n) is 3.12. The Balaban J connectivity index is 1.90. The lowest BCUT2D eigenvalue weighted by atomic mass is 9.95. The molecule has 2 aromatic carbocycles. The first-order valence-electron chi connectivity index (χ1n) is 9.05. The smallest absolute Gasteiger partial charge is 0.336 e. The Kier molecular flexibility index (Phi) is 6.09. The number of fused-ring (bicyclic) bond motifs is 1. The largest absolute Gasteiger partial charge is 0.497 e. The number of methoxy groups -OCH3 is 1. The van der Waals surface area contributed by atoms with Gasteiger partial charge in [-0.2, -0.15) is 0 Å². The van der Waals surface area contributed by atoms with Crippen LogP contribution in [0.15, 0.2) is 56.7 Å². The average molecular weight is 397 g/mol. The SMILES string of the molecule is COc1cccc(N=C(N)SCc2cc(=O)oc3cc(C)c(C(C)C)cc23)c1. The number of hydrogen-bond acceptors (Lipinski definition) is 5. The molecule has 5 nitrogen and oxygen atoms in total. The van der Waals surface area contributed by atoms with Crippen LogP contribution >= 0.6 is 11.8 Å². The van der Waals surface area contributed by atoms with E-state index in [1.54, 1.807) is 7.11 Å². The van der Waals surface area contributed by atoms with Crippen molar-refractivity contribution in [2.45, 2.75) is 32.4 Å². The highest BCUT2D eigenvalue weighted by Crippen LogP contribution is 2.29. The molecule has 1 heterocycles. The summed E-state index contributed by atoms with van der Waals surface area (Å²) in [7, 11) is 1.61. The number of amidine groups is 1. The minimum atomic E-state index is -0.358. The number of nitrogens with zero attached hydrogens (tertiary/aromatic N) is 1. The molecule has 0 aliphatic heterocycles. The Bertz CT molecular complexity index is 1090. The van der Waals surface area contributed by atoms with E-state index < -0.39 is 0 Å². The summed E-state index contributed by atoms with van der Waals surface area (Å²) in [5, 5.41) is 1.36. The van der Waals surface area contributed by atoms with Gasteiger partial charge in [-0.3, -0.25) is 0 Å². The van der Waals surface area contributed by atoms with Gasteiger partial charge in [0.1, 0.15) is 11.3 Å². The molecule has 0 bridgehead atoms. The van der Waals surface area contributed by atoms with Crippen LogP contribution in [0.3, 0.4) is 0 Å².